The van der Waals surface area contributed by atoms with Crippen molar-refractivity contribution < 1.29 is 29.3 Å². The first-order valence-electron chi connectivity index (χ1n) is 5.28. The minimum absolute atomic E-state index is 0.0123. The van der Waals surface area contributed by atoms with Crippen LogP contribution >= 0.6 is 0 Å². The Balaban J connectivity index is 2.86. The summed E-state index contributed by atoms with van der Waals surface area (Å²) in [6, 6.07) is 3.66. The Bertz CT molecular complexity index is 440. The van der Waals surface area contributed by atoms with Crippen LogP contribution in [0.1, 0.15) is 27.1 Å². The van der Waals surface area contributed by atoms with Gasteiger partial charge in [-0.25, -0.2) is 9.59 Å². The van der Waals surface area contributed by atoms with E-state index in [1.807, 2.05) is 0 Å². The molecule has 0 saturated carbocycles. The molecule has 0 saturated heterocycles. The summed E-state index contributed by atoms with van der Waals surface area (Å²) in [6.45, 7) is 0.748. The molecule has 18 heavy (non-hydrogen) atoms. The minimum atomic E-state index is -1.16. The lowest BCUT2D eigenvalue weighted by Crippen LogP contribution is -2.08. The summed E-state index contributed by atoms with van der Waals surface area (Å²) in [5.41, 5.74) is -0.0702. The lowest BCUT2D eigenvalue weighted by atomic mass is 10.1. The molecule has 0 radical (unpaired) electrons. The van der Waals surface area contributed by atoms with Gasteiger partial charge in [-0.2, -0.15) is 0 Å². The Kier molecular flexibility index (Phi) is 5.13. The summed E-state index contributed by atoms with van der Waals surface area (Å²) in [6.07, 6.45) is 0.590. The van der Waals surface area contributed by atoms with E-state index >= 15 is 0 Å². The van der Waals surface area contributed by atoms with Crippen LogP contribution in [-0.2, 0) is 4.74 Å². The van der Waals surface area contributed by atoms with Crippen molar-refractivity contribution in [3.05, 3.63) is 29.3 Å². The minimum Gasteiger partial charge on any atom is -0.493 e. The normalized spacial score (nSPS) is 10.1. The molecule has 0 heterocycles. The van der Waals surface area contributed by atoms with Crippen molar-refractivity contribution in [2.45, 2.75) is 6.42 Å². The number of carboxylic acids is 2. The van der Waals surface area contributed by atoms with Crippen LogP contribution < -0.4 is 4.74 Å². The summed E-state index contributed by atoms with van der Waals surface area (Å²) in [7, 11) is 1.55. The van der Waals surface area contributed by atoms with Gasteiger partial charge < -0.3 is 19.7 Å². The number of aromatic carboxylic acids is 2. The van der Waals surface area contributed by atoms with Crippen molar-refractivity contribution in [2.75, 3.05) is 20.3 Å². The number of methoxy groups -OCH3 is 1. The summed E-state index contributed by atoms with van der Waals surface area (Å²) in [5, 5.41) is 17.8. The molecule has 0 aromatic heterocycles. The molecule has 0 unspecified atom stereocenters. The molecular weight excluding hydrogens is 240 g/mol. The molecule has 1 aromatic rings. The molecular formula is C12H14O6. The first-order valence-corrected chi connectivity index (χ1v) is 5.28. The Labute approximate surface area is 104 Å². The summed E-state index contributed by atoms with van der Waals surface area (Å²) >= 11 is 0. The van der Waals surface area contributed by atoms with E-state index in [2.05, 4.69) is 0 Å². The quantitative estimate of drug-likeness (QED) is 0.716. The molecule has 0 spiro atoms. The highest BCUT2D eigenvalue weighted by Crippen LogP contribution is 2.21. The number of carboxylic acid groups (broad SMARTS) is 2. The SMILES string of the molecule is COCCCOc1cc(C(=O)O)ccc1C(=O)O. The molecule has 0 bridgehead atoms. The van der Waals surface area contributed by atoms with Gasteiger partial charge in [-0.15, -0.1) is 0 Å². The third-order valence-electron chi connectivity index (χ3n) is 2.21. The van der Waals surface area contributed by atoms with Crippen molar-refractivity contribution in [1.29, 1.82) is 0 Å². The fourth-order valence-electron chi connectivity index (χ4n) is 1.34. The largest absolute Gasteiger partial charge is 0.493 e. The van der Waals surface area contributed by atoms with Crippen molar-refractivity contribution >= 4 is 11.9 Å². The zero-order valence-corrected chi connectivity index (χ0v) is 9.88. The van der Waals surface area contributed by atoms with Crippen LogP contribution in [0.15, 0.2) is 18.2 Å². The van der Waals surface area contributed by atoms with Gasteiger partial charge in [-0.05, 0) is 18.2 Å². The predicted octanol–water partition coefficient (Wildman–Crippen LogP) is 1.50. The van der Waals surface area contributed by atoms with Crippen LogP contribution in [0.2, 0.25) is 0 Å². The highest BCUT2D eigenvalue weighted by atomic mass is 16.5. The maximum absolute atomic E-state index is 10.9. The second kappa shape index (κ2) is 6.61. The average Bonchev–Trinajstić information content (AvgIpc) is 2.34. The topological polar surface area (TPSA) is 93.1 Å². The number of ether oxygens (including phenoxy) is 2. The molecule has 6 heteroatoms. The second-order valence-electron chi connectivity index (χ2n) is 3.52. The van der Waals surface area contributed by atoms with Gasteiger partial charge in [-0.1, -0.05) is 0 Å². The first-order chi connectivity index (χ1) is 8.56. The summed E-state index contributed by atoms with van der Waals surface area (Å²) < 4.78 is 10.1. The molecule has 1 aromatic carbocycles. The number of rotatable bonds is 7. The maximum atomic E-state index is 10.9. The van der Waals surface area contributed by atoms with E-state index in [1.165, 1.54) is 18.2 Å². The van der Waals surface area contributed by atoms with Crippen molar-refractivity contribution in [2.24, 2.45) is 0 Å². The Morgan fingerprint density at radius 3 is 2.44 bits per heavy atom. The van der Waals surface area contributed by atoms with Gasteiger partial charge in [-0.3, -0.25) is 0 Å². The van der Waals surface area contributed by atoms with Gasteiger partial charge in [0, 0.05) is 20.1 Å². The van der Waals surface area contributed by atoms with E-state index in [0.717, 1.165) is 0 Å². The summed E-state index contributed by atoms with van der Waals surface area (Å²) in [4.78, 5) is 21.7. The van der Waals surface area contributed by atoms with Crippen molar-refractivity contribution in [1.82, 2.24) is 0 Å². The number of hydrogen-bond donors (Lipinski definition) is 2. The fourth-order valence-corrected chi connectivity index (χ4v) is 1.34. The van der Waals surface area contributed by atoms with Crippen LogP contribution in [0, 0.1) is 0 Å². The van der Waals surface area contributed by atoms with Crippen LogP contribution in [0.5, 0.6) is 5.75 Å². The molecule has 2 N–H and O–H groups in total. The van der Waals surface area contributed by atoms with Gasteiger partial charge in [0.05, 0.1) is 12.2 Å². The molecule has 0 fully saturated rings. The fraction of sp³-hybridized carbons (Fsp3) is 0.333. The van der Waals surface area contributed by atoms with Crippen LogP contribution in [0.25, 0.3) is 0 Å². The molecule has 1 rings (SSSR count). The van der Waals surface area contributed by atoms with Gasteiger partial charge >= 0.3 is 11.9 Å². The molecule has 0 aliphatic rings. The van der Waals surface area contributed by atoms with Crippen LogP contribution in [-0.4, -0.2) is 42.5 Å². The number of hydrogen-bond acceptors (Lipinski definition) is 4. The molecule has 0 amide bonds. The highest BCUT2D eigenvalue weighted by molar-refractivity contribution is 5.94. The maximum Gasteiger partial charge on any atom is 0.339 e. The van der Waals surface area contributed by atoms with E-state index in [9.17, 15) is 9.59 Å². The summed E-state index contributed by atoms with van der Waals surface area (Å²) in [5.74, 6) is -2.24. The smallest absolute Gasteiger partial charge is 0.339 e. The molecule has 0 atom stereocenters. The Morgan fingerprint density at radius 2 is 1.89 bits per heavy atom. The zero-order valence-electron chi connectivity index (χ0n) is 9.88. The average molecular weight is 254 g/mol. The van der Waals surface area contributed by atoms with Gasteiger partial charge in [0.2, 0.25) is 0 Å². The van der Waals surface area contributed by atoms with E-state index in [-0.39, 0.29) is 23.5 Å². The second-order valence-corrected chi connectivity index (χ2v) is 3.52. The molecule has 0 aliphatic heterocycles. The third-order valence-corrected chi connectivity index (χ3v) is 2.21. The van der Waals surface area contributed by atoms with Crippen LogP contribution in [0.3, 0.4) is 0 Å². The Hall–Kier alpha value is -2.08. The first kappa shape index (κ1) is 14.0. The van der Waals surface area contributed by atoms with Crippen LogP contribution in [0.4, 0.5) is 0 Å². The molecule has 6 nitrogen and oxygen atoms in total. The lowest BCUT2D eigenvalue weighted by molar-refractivity contribution is 0.0676. The van der Waals surface area contributed by atoms with E-state index in [1.54, 1.807) is 7.11 Å². The highest BCUT2D eigenvalue weighted by Gasteiger charge is 2.14. The zero-order chi connectivity index (χ0) is 13.5. The van der Waals surface area contributed by atoms with Crippen molar-refractivity contribution in [3.63, 3.8) is 0 Å². The van der Waals surface area contributed by atoms with Gasteiger partial charge in [0.1, 0.15) is 11.3 Å². The van der Waals surface area contributed by atoms with Gasteiger partial charge in [0.15, 0.2) is 0 Å². The molecule has 0 aliphatic carbocycles. The standard InChI is InChI=1S/C12H14O6/c1-17-5-2-6-18-10-7-8(11(13)14)3-4-9(10)12(15)16/h3-4,7H,2,5-6H2,1H3,(H,13,14)(H,15,16). The van der Waals surface area contributed by atoms with Gasteiger partial charge in [0.25, 0.3) is 0 Å². The monoisotopic (exact) mass is 254 g/mol. The number of carbonyl (C=O) groups is 2. The predicted molar refractivity (Wildman–Crippen MR) is 62.3 cm³/mol. The third kappa shape index (κ3) is 3.74. The molecule has 98 valence electrons. The lowest BCUT2D eigenvalue weighted by Gasteiger charge is -2.09. The van der Waals surface area contributed by atoms with Crippen molar-refractivity contribution in [3.8, 4) is 5.75 Å². The van der Waals surface area contributed by atoms with E-state index in [4.69, 9.17) is 19.7 Å². The van der Waals surface area contributed by atoms with E-state index < -0.39 is 11.9 Å². The Morgan fingerprint density at radius 1 is 1.17 bits per heavy atom. The van der Waals surface area contributed by atoms with E-state index in [0.29, 0.717) is 13.0 Å². The number of benzene rings is 1.